The number of carboxylic acid groups (broad SMARTS) is 1. The summed E-state index contributed by atoms with van der Waals surface area (Å²) in [7, 11) is 0. The summed E-state index contributed by atoms with van der Waals surface area (Å²) in [6.45, 7) is 0. The Morgan fingerprint density at radius 3 is 2.46 bits per heavy atom. The molecule has 2 atom stereocenters. The molecule has 1 aliphatic carbocycles. The zero-order valence-corrected chi connectivity index (χ0v) is 14.0. The Balaban J connectivity index is 1.77. The van der Waals surface area contributed by atoms with E-state index in [1.807, 2.05) is 0 Å². The highest BCUT2D eigenvalue weighted by molar-refractivity contribution is 8.04. The Morgan fingerprint density at radius 2 is 1.81 bits per heavy atom. The third-order valence-electron chi connectivity index (χ3n) is 4.66. The third kappa shape index (κ3) is 2.13. The summed E-state index contributed by atoms with van der Waals surface area (Å²) in [6.07, 6.45) is -0.567. The number of rotatable bonds is 2. The number of benzene rings is 1. The monoisotopic (exact) mass is 372 g/mol. The molecule has 8 nitrogen and oxygen atoms in total. The molecule has 3 N–H and O–H groups in total. The van der Waals surface area contributed by atoms with Crippen molar-refractivity contribution in [2.45, 2.75) is 18.0 Å². The average molecular weight is 372 g/mol. The number of carboxylic acids is 1. The van der Waals surface area contributed by atoms with E-state index < -0.39 is 41.6 Å². The van der Waals surface area contributed by atoms with Gasteiger partial charge >= 0.3 is 5.97 Å². The lowest BCUT2D eigenvalue weighted by Crippen LogP contribution is -2.71. The van der Waals surface area contributed by atoms with Gasteiger partial charge in [-0.2, -0.15) is 0 Å². The van der Waals surface area contributed by atoms with E-state index in [2.05, 4.69) is 10.6 Å². The molecule has 1 aromatic carbocycles. The topological polar surface area (TPSA) is 130 Å². The fraction of sp³-hybridized carbons (Fsp3) is 0.235. The first-order valence-corrected chi connectivity index (χ1v) is 8.74. The van der Waals surface area contributed by atoms with E-state index in [-0.39, 0.29) is 33.1 Å². The van der Waals surface area contributed by atoms with Gasteiger partial charge in [-0.15, -0.1) is 11.8 Å². The maximum atomic E-state index is 13.0. The molecule has 2 aliphatic heterocycles. The van der Waals surface area contributed by atoms with Crippen molar-refractivity contribution in [2.75, 3.05) is 5.75 Å². The first-order valence-electron chi connectivity index (χ1n) is 7.76. The Kier molecular flexibility index (Phi) is 3.52. The Bertz CT molecular complexity index is 952. The molecule has 1 saturated heterocycles. The van der Waals surface area contributed by atoms with Gasteiger partial charge in [-0.05, 0) is 0 Å². The predicted molar refractivity (Wildman–Crippen MR) is 89.6 cm³/mol. The molecule has 2 amide bonds. The quantitative estimate of drug-likeness (QED) is 0.661. The normalized spacial score (nSPS) is 27.2. The fourth-order valence-electron chi connectivity index (χ4n) is 3.43. The minimum atomic E-state index is -1.66. The standard InChI is InChI=1S/C17H12N2O6S/c20-10(21)5-9-15(24)19-17(16(25)18-9)6-26-14-11(17)12(22)7-3-1-2-4-8(7)13(14)23/h1-4,9H,5-6H2,(H,18,25)(H,19,24)(H,20,21)/t9-,17-/m0/s1. The van der Waals surface area contributed by atoms with Crippen molar-refractivity contribution in [2.24, 2.45) is 0 Å². The number of piperazine rings is 1. The summed E-state index contributed by atoms with van der Waals surface area (Å²) in [6, 6.07) is 5.10. The number of aliphatic carboxylic acids is 1. The fourth-order valence-corrected chi connectivity index (χ4v) is 4.79. The number of amides is 2. The number of fused-ring (bicyclic) bond motifs is 2. The van der Waals surface area contributed by atoms with Crippen LogP contribution in [-0.2, 0) is 14.4 Å². The molecule has 132 valence electrons. The molecule has 1 aromatic rings. The molecule has 4 rings (SSSR count). The smallest absolute Gasteiger partial charge is 0.305 e. The second-order valence-electron chi connectivity index (χ2n) is 6.22. The van der Waals surface area contributed by atoms with Gasteiger partial charge in [-0.3, -0.25) is 24.0 Å². The van der Waals surface area contributed by atoms with E-state index in [4.69, 9.17) is 5.11 Å². The Labute approximate surface area is 151 Å². The second-order valence-corrected chi connectivity index (χ2v) is 7.20. The van der Waals surface area contributed by atoms with Gasteiger partial charge in [-0.1, -0.05) is 24.3 Å². The molecule has 0 bridgehead atoms. The first-order chi connectivity index (χ1) is 12.3. The van der Waals surface area contributed by atoms with Crippen molar-refractivity contribution >= 4 is 41.1 Å². The van der Waals surface area contributed by atoms with Crippen LogP contribution < -0.4 is 10.6 Å². The van der Waals surface area contributed by atoms with Gasteiger partial charge < -0.3 is 15.7 Å². The summed E-state index contributed by atoms with van der Waals surface area (Å²) in [4.78, 5) is 61.8. The van der Waals surface area contributed by atoms with Crippen LogP contribution in [0.2, 0.25) is 0 Å². The van der Waals surface area contributed by atoms with Crippen molar-refractivity contribution in [3.05, 3.63) is 45.9 Å². The van der Waals surface area contributed by atoms with Crippen molar-refractivity contribution in [3.8, 4) is 0 Å². The molecule has 26 heavy (non-hydrogen) atoms. The average Bonchev–Trinajstić information content (AvgIpc) is 2.98. The van der Waals surface area contributed by atoms with Crippen LogP contribution in [0.15, 0.2) is 34.7 Å². The van der Waals surface area contributed by atoms with Crippen molar-refractivity contribution in [3.63, 3.8) is 0 Å². The molecule has 2 heterocycles. The molecule has 9 heteroatoms. The van der Waals surface area contributed by atoms with Crippen molar-refractivity contribution in [1.29, 1.82) is 0 Å². The number of Topliss-reactive ketones (excluding diaryl/α,β-unsaturated/α-hetero) is 2. The summed E-state index contributed by atoms with van der Waals surface area (Å²) in [5.74, 6) is -3.44. The summed E-state index contributed by atoms with van der Waals surface area (Å²) >= 11 is 1.05. The highest BCUT2D eigenvalue weighted by Crippen LogP contribution is 2.46. The van der Waals surface area contributed by atoms with E-state index in [1.54, 1.807) is 18.2 Å². The van der Waals surface area contributed by atoms with E-state index in [1.165, 1.54) is 6.07 Å². The minimum Gasteiger partial charge on any atom is -0.481 e. The van der Waals surface area contributed by atoms with Crippen LogP contribution in [0, 0.1) is 0 Å². The molecular formula is C17H12N2O6S. The van der Waals surface area contributed by atoms with Crippen LogP contribution in [0.4, 0.5) is 0 Å². The predicted octanol–water partition coefficient (Wildman–Crippen LogP) is -0.105. The van der Waals surface area contributed by atoms with E-state index in [0.717, 1.165) is 11.8 Å². The maximum Gasteiger partial charge on any atom is 0.305 e. The van der Waals surface area contributed by atoms with Crippen LogP contribution in [0.3, 0.4) is 0 Å². The van der Waals surface area contributed by atoms with Gasteiger partial charge in [0.2, 0.25) is 11.7 Å². The lowest BCUT2D eigenvalue weighted by Gasteiger charge is -2.38. The summed E-state index contributed by atoms with van der Waals surface area (Å²) in [5.41, 5.74) is -1.24. The SMILES string of the molecule is O=C(O)C[C@@H]1NC(=O)[C@@]2(CSC3=C2C(=O)c2ccccc2C3=O)NC1=O. The summed E-state index contributed by atoms with van der Waals surface area (Å²) < 4.78 is 0. The number of allylic oxidation sites excluding steroid dienone is 1. The number of hydrogen-bond donors (Lipinski definition) is 3. The maximum absolute atomic E-state index is 13.0. The van der Waals surface area contributed by atoms with Gasteiger partial charge in [0, 0.05) is 16.9 Å². The van der Waals surface area contributed by atoms with Crippen LogP contribution in [0.5, 0.6) is 0 Å². The molecule has 0 aromatic heterocycles. The number of hydrogen-bond acceptors (Lipinski definition) is 6. The zero-order chi connectivity index (χ0) is 18.6. The summed E-state index contributed by atoms with van der Waals surface area (Å²) in [5, 5.41) is 13.7. The first kappa shape index (κ1) is 16.5. The number of thioether (sulfide) groups is 1. The van der Waals surface area contributed by atoms with Gasteiger partial charge in [0.05, 0.1) is 16.9 Å². The van der Waals surface area contributed by atoms with Gasteiger partial charge in [0.1, 0.15) is 6.04 Å². The molecule has 3 aliphatic rings. The molecule has 0 saturated carbocycles. The van der Waals surface area contributed by atoms with E-state index >= 15 is 0 Å². The van der Waals surface area contributed by atoms with E-state index in [9.17, 15) is 24.0 Å². The number of carbonyl (C=O) groups is 5. The Hall–Kier alpha value is -2.94. The molecular weight excluding hydrogens is 360 g/mol. The molecule has 1 spiro atoms. The van der Waals surface area contributed by atoms with Crippen LogP contribution >= 0.6 is 11.8 Å². The molecule has 1 fully saturated rings. The lowest BCUT2D eigenvalue weighted by atomic mass is 9.78. The lowest BCUT2D eigenvalue weighted by molar-refractivity contribution is -0.144. The minimum absolute atomic E-state index is 0.000496. The molecule has 0 unspecified atom stereocenters. The van der Waals surface area contributed by atoms with Crippen LogP contribution in [-0.4, -0.2) is 51.8 Å². The number of ketones is 2. The highest BCUT2D eigenvalue weighted by atomic mass is 32.2. The van der Waals surface area contributed by atoms with Gasteiger partial charge in [0.25, 0.3) is 5.91 Å². The third-order valence-corrected chi connectivity index (χ3v) is 5.92. The number of nitrogens with one attached hydrogen (secondary N) is 2. The van der Waals surface area contributed by atoms with Gasteiger partial charge in [0.15, 0.2) is 11.3 Å². The second kappa shape index (κ2) is 5.53. The van der Waals surface area contributed by atoms with Crippen LogP contribution in [0.25, 0.3) is 0 Å². The van der Waals surface area contributed by atoms with E-state index in [0.29, 0.717) is 0 Å². The highest BCUT2D eigenvalue weighted by Gasteiger charge is 2.58. The van der Waals surface area contributed by atoms with Gasteiger partial charge in [-0.25, -0.2) is 0 Å². The molecule has 0 radical (unpaired) electrons. The number of carbonyl (C=O) groups excluding carboxylic acids is 4. The van der Waals surface area contributed by atoms with Crippen molar-refractivity contribution in [1.82, 2.24) is 10.6 Å². The van der Waals surface area contributed by atoms with Crippen molar-refractivity contribution < 1.29 is 29.1 Å². The zero-order valence-electron chi connectivity index (χ0n) is 13.2. The largest absolute Gasteiger partial charge is 0.481 e. The Morgan fingerprint density at radius 1 is 1.15 bits per heavy atom. The van der Waals surface area contributed by atoms with Crippen LogP contribution in [0.1, 0.15) is 27.1 Å².